The fraction of sp³-hybridized carbons (Fsp3) is 0.280. The highest BCUT2D eigenvalue weighted by molar-refractivity contribution is 5.83. The molecule has 0 unspecified atom stereocenters. The number of ether oxygens (including phenoxy) is 1. The van der Waals surface area contributed by atoms with E-state index in [9.17, 15) is 9.18 Å². The van der Waals surface area contributed by atoms with Crippen molar-refractivity contribution in [3.05, 3.63) is 72.2 Å². The molecule has 0 bridgehead atoms. The van der Waals surface area contributed by atoms with Gasteiger partial charge in [0.15, 0.2) is 0 Å². The van der Waals surface area contributed by atoms with Gasteiger partial charge in [-0.05, 0) is 52.3 Å². The normalized spacial score (nSPS) is 11.8. The lowest BCUT2D eigenvalue weighted by molar-refractivity contribution is 0.0470. The standard InChI is InChI=1S/C25H28FN3O2/c1-24(2,3)31-23(30)29-25(4,5)17-12-10-16(11-13-17)22-20(14-18(27)15-28-22)19-8-6-7-9-21(19)26/h6-15H,27H2,1-5H3,(H,29,30). The zero-order valence-electron chi connectivity index (χ0n) is 18.5. The van der Waals surface area contributed by atoms with Gasteiger partial charge < -0.3 is 15.8 Å². The van der Waals surface area contributed by atoms with Crippen LogP contribution >= 0.6 is 0 Å². The molecule has 2 aromatic carbocycles. The third kappa shape index (κ3) is 5.40. The Morgan fingerprint density at radius 2 is 1.65 bits per heavy atom. The Morgan fingerprint density at radius 1 is 1.00 bits per heavy atom. The summed E-state index contributed by atoms with van der Waals surface area (Å²) >= 11 is 0. The number of alkyl carbamates (subject to hydrolysis) is 1. The van der Waals surface area contributed by atoms with Crippen LogP contribution in [0.3, 0.4) is 0 Å². The van der Waals surface area contributed by atoms with E-state index in [1.54, 1.807) is 30.5 Å². The second-order valence-corrected chi connectivity index (χ2v) is 8.97. The van der Waals surface area contributed by atoms with Crippen LogP contribution in [0.15, 0.2) is 60.8 Å². The number of nitrogens with zero attached hydrogens (tertiary/aromatic N) is 1. The van der Waals surface area contributed by atoms with Crippen LogP contribution in [0.25, 0.3) is 22.4 Å². The van der Waals surface area contributed by atoms with Gasteiger partial charge in [0.1, 0.15) is 11.4 Å². The zero-order valence-corrected chi connectivity index (χ0v) is 18.5. The maximum atomic E-state index is 14.4. The van der Waals surface area contributed by atoms with Gasteiger partial charge in [0, 0.05) is 16.7 Å². The zero-order chi connectivity index (χ0) is 22.8. The number of amides is 1. The third-order valence-corrected chi connectivity index (χ3v) is 4.77. The molecule has 0 saturated heterocycles. The molecule has 0 fully saturated rings. The highest BCUT2D eigenvalue weighted by atomic mass is 19.1. The number of nitrogens with one attached hydrogen (secondary N) is 1. The number of hydrogen-bond donors (Lipinski definition) is 2. The number of carbonyl (C=O) groups is 1. The summed E-state index contributed by atoms with van der Waals surface area (Å²) in [4.78, 5) is 16.7. The van der Waals surface area contributed by atoms with Gasteiger partial charge in [0.2, 0.25) is 0 Å². The van der Waals surface area contributed by atoms with Crippen LogP contribution in [0.2, 0.25) is 0 Å². The van der Waals surface area contributed by atoms with Crippen molar-refractivity contribution >= 4 is 11.8 Å². The molecule has 0 aliphatic carbocycles. The molecule has 0 atom stereocenters. The lowest BCUT2D eigenvalue weighted by atomic mass is 9.92. The van der Waals surface area contributed by atoms with Crippen LogP contribution in [-0.4, -0.2) is 16.7 Å². The molecular weight excluding hydrogens is 393 g/mol. The molecule has 31 heavy (non-hydrogen) atoms. The summed E-state index contributed by atoms with van der Waals surface area (Å²) < 4.78 is 19.8. The van der Waals surface area contributed by atoms with Crippen LogP contribution in [0.4, 0.5) is 14.9 Å². The number of nitrogens with two attached hydrogens (primary N) is 1. The van der Waals surface area contributed by atoms with Crippen LogP contribution in [0, 0.1) is 5.82 Å². The molecule has 0 saturated carbocycles. The predicted molar refractivity (Wildman–Crippen MR) is 122 cm³/mol. The lowest BCUT2D eigenvalue weighted by Gasteiger charge is -2.29. The van der Waals surface area contributed by atoms with Crippen LogP contribution < -0.4 is 11.1 Å². The smallest absolute Gasteiger partial charge is 0.408 e. The summed E-state index contributed by atoms with van der Waals surface area (Å²) in [5.74, 6) is -0.338. The van der Waals surface area contributed by atoms with Gasteiger partial charge in [-0.1, -0.05) is 42.5 Å². The van der Waals surface area contributed by atoms with E-state index in [1.165, 1.54) is 6.07 Å². The van der Waals surface area contributed by atoms with Crippen LogP contribution in [0.5, 0.6) is 0 Å². The number of halogens is 1. The van der Waals surface area contributed by atoms with E-state index in [0.29, 0.717) is 22.5 Å². The Labute approximate surface area is 182 Å². The summed E-state index contributed by atoms with van der Waals surface area (Å²) in [7, 11) is 0. The first-order valence-corrected chi connectivity index (χ1v) is 10.1. The summed E-state index contributed by atoms with van der Waals surface area (Å²) in [5.41, 5.74) is 8.56. The average Bonchev–Trinajstić information content (AvgIpc) is 2.66. The Balaban J connectivity index is 1.92. The quantitative estimate of drug-likeness (QED) is 0.550. The van der Waals surface area contributed by atoms with Crippen molar-refractivity contribution in [3.8, 4) is 22.4 Å². The van der Waals surface area contributed by atoms with Crippen molar-refractivity contribution in [2.24, 2.45) is 0 Å². The number of hydrogen-bond acceptors (Lipinski definition) is 4. The summed E-state index contributed by atoms with van der Waals surface area (Å²) in [6.45, 7) is 9.26. The molecule has 6 heteroatoms. The topological polar surface area (TPSA) is 77.2 Å². The van der Waals surface area contributed by atoms with E-state index in [0.717, 1.165) is 11.1 Å². The number of pyridine rings is 1. The minimum Gasteiger partial charge on any atom is -0.444 e. The minimum absolute atomic E-state index is 0.338. The van der Waals surface area contributed by atoms with Crippen molar-refractivity contribution in [2.45, 2.75) is 45.8 Å². The van der Waals surface area contributed by atoms with Crippen molar-refractivity contribution < 1.29 is 13.9 Å². The monoisotopic (exact) mass is 421 g/mol. The van der Waals surface area contributed by atoms with E-state index in [1.807, 2.05) is 58.9 Å². The van der Waals surface area contributed by atoms with E-state index in [-0.39, 0.29) is 5.82 Å². The number of anilines is 1. The molecule has 0 radical (unpaired) electrons. The number of benzene rings is 2. The second-order valence-electron chi connectivity index (χ2n) is 8.97. The molecule has 0 spiro atoms. The van der Waals surface area contributed by atoms with E-state index in [2.05, 4.69) is 10.3 Å². The van der Waals surface area contributed by atoms with Gasteiger partial charge in [-0.3, -0.25) is 4.98 Å². The number of nitrogen functional groups attached to an aromatic ring is 1. The molecule has 3 N–H and O–H groups in total. The van der Waals surface area contributed by atoms with Gasteiger partial charge in [-0.25, -0.2) is 9.18 Å². The molecule has 3 aromatic rings. The molecule has 3 rings (SSSR count). The number of aromatic nitrogens is 1. The highest BCUT2D eigenvalue weighted by Gasteiger charge is 2.26. The van der Waals surface area contributed by atoms with E-state index >= 15 is 0 Å². The van der Waals surface area contributed by atoms with Crippen molar-refractivity contribution in [3.63, 3.8) is 0 Å². The first-order chi connectivity index (χ1) is 14.5. The first-order valence-electron chi connectivity index (χ1n) is 10.1. The van der Waals surface area contributed by atoms with Gasteiger partial charge >= 0.3 is 6.09 Å². The van der Waals surface area contributed by atoms with Crippen molar-refractivity contribution in [2.75, 3.05) is 5.73 Å². The molecule has 5 nitrogen and oxygen atoms in total. The second kappa shape index (κ2) is 8.38. The third-order valence-electron chi connectivity index (χ3n) is 4.77. The maximum Gasteiger partial charge on any atom is 0.408 e. The lowest BCUT2D eigenvalue weighted by Crippen LogP contribution is -2.43. The molecule has 1 amide bonds. The van der Waals surface area contributed by atoms with Gasteiger partial charge in [-0.2, -0.15) is 0 Å². The van der Waals surface area contributed by atoms with Crippen LogP contribution in [-0.2, 0) is 10.3 Å². The summed E-state index contributed by atoms with van der Waals surface area (Å²) in [6, 6.07) is 15.9. The van der Waals surface area contributed by atoms with Gasteiger partial charge in [-0.15, -0.1) is 0 Å². The predicted octanol–water partition coefficient (Wildman–Crippen LogP) is 5.90. The fourth-order valence-electron chi connectivity index (χ4n) is 3.27. The molecule has 0 aliphatic heterocycles. The van der Waals surface area contributed by atoms with E-state index < -0.39 is 17.2 Å². The molecular formula is C25H28FN3O2. The summed E-state index contributed by atoms with van der Waals surface area (Å²) in [5, 5.41) is 2.90. The Kier molecular flexibility index (Phi) is 6.02. The number of carbonyl (C=O) groups excluding carboxylic acids is 1. The van der Waals surface area contributed by atoms with Gasteiger partial charge in [0.05, 0.1) is 23.1 Å². The largest absolute Gasteiger partial charge is 0.444 e. The van der Waals surface area contributed by atoms with Crippen molar-refractivity contribution in [1.82, 2.24) is 10.3 Å². The fourth-order valence-corrected chi connectivity index (χ4v) is 3.27. The first kappa shape index (κ1) is 22.3. The van der Waals surface area contributed by atoms with Gasteiger partial charge in [0.25, 0.3) is 0 Å². The molecule has 162 valence electrons. The van der Waals surface area contributed by atoms with E-state index in [4.69, 9.17) is 10.5 Å². The Bertz CT molecular complexity index is 1090. The minimum atomic E-state index is -0.649. The SMILES string of the molecule is CC(C)(C)OC(=O)NC(C)(C)c1ccc(-c2ncc(N)cc2-c2ccccc2F)cc1. The maximum absolute atomic E-state index is 14.4. The number of rotatable bonds is 4. The Hall–Kier alpha value is -3.41. The molecule has 1 heterocycles. The Morgan fingerprint density at radius 3 is 2.26 bits per heavy atom. The van der Waals surface area contributed by atoms with Crippen molar-refractivity contribution in [1.29, 1.82) is 0 Å². The molecule has 1 aromatic heterocycles. The average molecular weight is 422 g/mol. The highest BCUT2D eigenvalue weighted by Crippen LogP contribution is 2.34. The summed E-state index contributed by atoms with van der Waals surface area (Å²) in [6.07, 6.45) is 1.07. The molecule has 0 aliphatic rings. The van der Waals surface area contributed by atoms with Crippen LogP contribution in [0.1, 0.15) is 40.2 Å².